The summed E-state index contributed by atoms with van der Waals surface area (Å²) in [6.07, 6.45) is 2.92. The van der Waals surface area contributed by atoms with Crippen LogP contribution in [0.5, 0.6) is 0 Å². The van der Waals surface area contributed by atoms with Gasteiger partial charge >= 0.3 is 0 Å². The van der Waals surface area contributed by atoms with Gasteiger partial charge in [0.15, 0.2) is 0 Å². The summed E-state index contributed by atoms with van der Waals surface area (Å²) >= 11 is 0. The van der Waals surface area contributed by atoms with Crippen LogP contribution < -0.4 is 5.73 Å². The van der Waals surface area contributed by atoms with Crippen molar-refractivity contribution in [2.24, 2.45) is 5.73 Å². The molecule has 0 aliphatic heterocycles. The molecule has 0 atom stereocenters. The van der Waals surface area contributed by atoms with Crippen LogP contribution in [-0.2, 0) is 6.42 Å². The highest BCUT2D eigenvalue weighted by molar-refractivity contribution is 5.89. The topological polar surface area (TPSA) is 55.0 Å². The number of aromatic nitrogens is 1. The van der Waals surface area contributed by atoms with Crippen LogP contribution in [0.3, 0.4) is 0 Å². The number of nitrogens with one attached hydrogen (secondary N) is 1. The van der Waals surface area contributed by atoms with Crippen LogP contribution in [0.25, 0.3) is 33.2 Å². The van der Waals surface area contributed by atoms with Gasteiger partial charge in [-0.2, -0.15) is 0 Å². The van der Waals surface area contributed by atoms with Crippen LogP contribution in [0.15, 0.2) is 59.1 Å². The molecule has 3 nitrogen and oxygen atoms in total. The second-order valence-electron chi connectivity index (χ2n) is 5.26. The molecule has 0 radical (unpaired) electrons. The smallest absolute Gasteiger partial charge is 0.135 e. The van der Waals surface area contributed by atoms with E-state index >= 15 is 0 Å². The Balaban J connectivity index is 0.00000144. The van der Waals surface area contributed by atoms with Gasteiger partial charge in [0.05, 0.1) is 0 Å². The fourth-order valence-corrected chi connectivity index (χ4v) is 2.82. The van der Waals surface area contributed by atoms with Gasteiger partial charge in [0.2, 0.25) is 0 Å². The van der Waals surface area contributed by atoms with Crippen molar-refractivity contribution in [1.29, 1.82) is 0 Å². The van der Waals surface area contributed by atoms with Crippen molar-refractivity contribution in [3.8, 4) is 11.3 Å². The quantitative estimate of drug-likeness (QED) is 0.585. The Morgan fingerprint density at radius 3 is 2.73 bits per heavy atom. The van der Waals surface area contributed by atoms with Gasteiger partial charge in [-0.1, -0.05) is 18.2 Å². The maximum absolute atomic E-state index is 5.94. The van der Waals surface area contributed by atoms with Crippen LogP contribution in [0, 0.1) is 0 Å². The molecular formula is C18H17ClN2O. The summed E-state index contributed by atoms with van der Waals surface area (Å²) in [4.78, 5) is 3.29. The number of hydrogen-bond acceptors (Lipinski definition) is 2. The number of H-pyrrole nitrogens is 1. The molecule has 0 amide bonds. The van der Waals surface area contributed by atoms with E-state index in [1.807, 2.05) is 24.4 Å². The molecule has 112 valence electrons. The Hall–Kier alpha value is -2.23. The molecule has 0 aliphatic rings. The standard InChI is InChI=1S/C18H16N2O.ClH/c19-8-7-14-11-20-16-6-5-13(9-15(14)16)18-10-12-3-1-2-4-17(12)21-18;/h1-6,9-11,20H,7-8,19H2;1H. The monoisotopic (exact) mass is 312 g/mol. The SMILES string of the molecule is Cl.NCCc1c[nH]c2ccc(-c3cc4ccccc4o3)cc12. The largest absolute Gasteiger partial charge is 0.456 e. The average Bonchev–Trinajstić information content (AvgIpc) is 3.11. The van der Waals surface area contributed by atoms with Crippen LogP contribution >= 0.6 is 12.4 Å². The molecule has 0 spiro atoms. The fraction of sp³-hybridized carbons (Fsp3) is 0.111. The molecule has 4 aromatic rings. The van der Waals surface area contributed by atoms with E-state index in [1.54, 1.807) is 0 Å². The number of benzene rings is 2. The number of rotatable bonds is 3. The zero-order valence-electron chi connectivity index (χ0n) is 12.0. The summed E-state index contributed by atoms with van der Waals surface area (Å²) in [6.45, 7) is 0.655. The normalized spacial score (nSPS) is 11.0. The zero-order chi connectivity index (χ0) is 14.2. The van der Waals surface area contributed by atoms with E-state index in [4.69, 9.17) is 10.2 Å². The molecule has 0 saturated carbocycles. The molecule has 0 fully saturated rings. The molecule has 4 heteroatoms. The Labute approximate surface area is 134 Å². The highest BCUT2D eigenvalue weighted by Gasteiger charge is 2.09. The van der Waals surface area contributed by atoms with Crippen molar-refractivity contribution in [1.82, 2.24) is 4.98 Å². The summed E-state index contributed by atoms with van der Waals surface area (Å²) in [5.74, 6) is 0.901. The number of furan rings is 1. The van der Waals surface area contributed by atoms with E-state index in [9.17, 15) is 0 Å². The summed E-state index contributed by atoms with van der Waals surface area (Å²) in [5, 5.41) is 2.35. The Morgan fingerprint density at radius 1 is 1.05 bits per heavy atom. The second-order valence-corrected chi connectivity index (χ2v) is 5.26. The van der Waals surface area contributed by atoms with Gasteiger partial charge in [-0.3, -0.25) is 0 Å². The molecular weight excluding hydrogens is 296 g/mol. The van der Waals surface area contributed by atoms with Gasteiger partial charge in [0.25, 0.3) is 0 Å². The van der Waals surface area contributed by atoms with Crippen LogP contribution in [0.1, 0.15) is 5.56 Å². The van der Waals surface area contributed by atoms with Gasteiger partial charge in [-0.25, -0.2) is 0 Å². The van der Waals surface area contributed by atoms with Crippen molar-refractivity contribution < 1.29 is 4.42 Å². The minimum Gasteiger partial charge on any atom is -0.456 e. The summed E-state index contributed by atoms with van der Waals surface area (Å²) in [6, 6.07) is 16.5. The van der Waals surface area contributed by atoms with Gasteiger partial charge in [0, 0.05) is 28.0 Å². The number of nitrogens with two attached hydrogens (primary N) is 1. The Morgan fingerprint density at radius 2 is 1.91 bits per heavy atom. The molecule has 3 N–H and O–H groups in total. The lowest BCUT2D eigenvalue weighted by Crippen LogP contribution is -2.01. The first kappa shape index (κ1) is 14.7. The van der Waals surface area contributed by atoms with Gasteiger partial charge in [-0.05, 0) is 48.9 Å². The third-order valence-corrected chi connectivity index (χ3v) is 3.89. The van der Waals surface area contributed by atoms with E-state index in [0.29, 0.717) is 6.54 Å². The third-order valence-electron chi connectivity index (χ3n) is 3.89. The molecule has 0 aliphatic carbocycles. The van der Waals surface area contributed by atoms with Gasteiger partial charge < -0.3 is 15.1 Å². The number of halogens is 1. The molecule has 22 heavy (non-hydrogen) atoms. The predicted molar refractivity (Wildman–Crippen MR) is 93.5 cm³/mol. The molecule has 0 bridgehead atoms. The number of para-hydroxylation sites is 1. The number of fused-ring (bicyclic) bond motifs is 2. The maximum Gasteiger partial charge on any atom is 0.135 e. The first-order chi connectivity index (χ1) is 10.3. The highest BCUT2D eigenvalue weighted by atomic mass is 35.5. The van der Waals surface area contributed by atoms with E-state index in [1.165, 1.54) is 10.9 Å². The third kappa shape index (κ3) is 2.39. The first-order valence-electron chi connectivity index (χ1n) is 7.14. The van der Waals surface area contributed by atoms with Gasteiger partial charge in [-0.15, -0.1) is 12.4 Å². The minimum absolute atomic E-state index is 0. The van der Waals surface area contributed by atoms with E-state index < -0.39 is 0 Å². The average molecular weight is 313 g/mol. The first-order valence-corrected chi connectivity index (χ1v) is 7.14. The highest BCUT2D eigenvalue weighted by Crippen LogP contribution is 2.30. The lowest BCUT2D eigenvalue weighted by atomic mass is 10.1. The van der Waals surface area contributed by atoms with E-state index in [0.717, 1.165) is 34.2 Å². The maximum atomic E-state index is 5.94. The second kappa shape index (κ2) is 5.87. The zero-order valence-corrected chi connectivity index (χ0v) is 12.8. The van der Waals surface area contributed by atoms with Crippen LogP contribution in [-0.4, -0.2) is 11.5 Å². The summed E-state index contributed by atoms with van der Waals surface area (Å²) in [7, 11) is 0. The molecule has 0 unspecified atom stereocenters. The van der Waals surface area contributed by atoms with Crippen molar-refractivity contribution in [2.45, 2.75) is 6.42 Å². The summed E-state index contributed by atoms with van der Waals surface area (Å²) < 4.78 is 5.94. The molecule has 0 saturated heterocycles. The predicted octanol–water partition coefficient (Wildman–Crippen LogP) is 4.50. The van der Waals surface area contributed by atoms with Crippen LogP contribution in [0.2, 0.25) is 0 Å². The van der Waals surface area contributed by atoms with Crippen molar-refractivity contribution in [3.05, 3.63) is 60.3 Å². The number of aromatic amines is 1. The van der Waals surface area contributed by atoms with Crippen molar-refractivity contribution in [3.63, 3.8) is 0 Å². The lowest BCUT2D eigenvalue weighted by molar-refractivity contribution is 0.631. The number of hydrogen-bond donors (Lipinski definition) is 2. The molecule has 2 aromatic carbocycles. The lowest BCUT2D eigenvalue weighted by Gasteiger charge is -2.00. The van der Waals surface area contributed by atoms with Crippen LogP contribution in [0.4, 0.5) is 0 Å². The van der Waals surface area contributed by atoms with E-state index in [-0.39, 0.29) is 12.4 Å². The van der Waals surface area contributed by atoms with E-state index in [2.05, 4.69) is 35.3 Å². The van der Waals surface area contributed by atoms with Gasteiger partial charge in [0.1, 0.15) is 11.3 Å². The fourth-order valence-electron chi connectivity index (χ4n) is 2.82. The minimum atomic E-state index is 0. The Kier molecular flexibility index (Phi) is 3.92. The van der Waals surface area contributed by atoms with Crippen molar-refractivity contribution in [2.75, 3.05) is 6.54 Å². The molecule has 2 heterocycles. The summed E-state index contributed by atoms with van der Waals surface area (Å²) in [5.41, 5.74) is 10.1. The molecule has 4 rings (SSSR count). The Bertz CT molecular complexity index is 890. The van der Waals surface area contributed by atoms with Crippen molar-refractivity contribution >= 4 is 34.3 Å². The molecule has 2 aromatic heterocycles.